The van der Waals surface area contributed by atoms with Gasteiger partial charge in [-0.05, 0) is 43.5 Å². The van der Waals surface area contributed by atoms with Crippen LogP contribution in [0.25, 0.3) is 0 Å². The zero-order chi connectivity index (χ0) is 19.6. The molecular weight excluding hydrogens is 342 g/mol. The summed E-state index contributed by atoms with van der Waals surface area (Å²) in [7, 11) is 1.50. The Morgan fingerprint density at radius 3 is 2.41 bits per heavy atom. The first-order chi connectivity index (χ1) is 13.0. The van der Waals surface area contributed by atoms with Crippen molar-refractivity contribution in [3.63, 3.8) is 0 Å². The number of benzene rings is 2. The van der Waals surface area contributed by atoms with Crippen molar-refractivity contribution in [3.05, 3.63) is 65.2 Å². The second kappa shape index (κ2) is 10.1. The molecule has 0 saturated carbocycles. The average Bonchev–Trinajstić information content (AvgIpc) is 2.67. The predicted molar refractivity (Wildman–Crippen MR) is 106 cm³/mol. The third kappa shape index (κ3) is 6.93. The zero-order valence-electron chi connectivity index (χ0n) is 15.7. The van der Waals surface area contributed by atoms with Gasteiger partial charge < -0.3 is 16.0 Å². The molecule has 3 amide bonds. The van der Waals surface area contributed by atoms with Gasteiger partial charge in [0.25, 0.3) is 5.91 Å². The molecule has 142 valence electrons. The van der Waals surface area contributed by atoms with E-state index in [0.29, 0.717) is 17.7 Å². The number of carbonyl (C=O) groups is 3. The molecule has 2 aromatic rings. The highest BCUT2D eigenvalue weighted by atomic mass is 16.2. The van der Waals surface area contributed by atoms with Crippen molar-refractivity contribution in [1.29, 1.82) is 0 Å². The van der Waals surface area contributed by atoms with E-state index in [9.17, 15) is 14.4 Å². The number of nitrogens with one attached hydrogen (secondary N) is 3. The quantitative estimate of drug-likeness (QED) is 0.670. The van der Waals surface area contributed by atoms with Gasteiger partial charge in [-0.2, -0.15) is 0 Å². The minimum atomic E-state index is -0.367. The molecule has 0 unspecified atom stereocenters. The molecule has 2 rings (SSSR count). The van der Waals surface area contributed by atoms with Crippen molar-refractivity contribution in [1.82, 2.24) is 10.6 Å². The van der Waals surface area contributed by atoms with Crippen molar-refractivity contribution in [3.8, 4) is 0 Å². The van der Waals surface area contributed by atoms with Crippen LogP contribution in [0.15, 0.2) is 48.5 Å². The van der Waals surface area contributed by atoms with Crippen LogP contribution in [0.4, 0.5) is 5.69 Å². The molecule has 6 nitrogen and oxygen atoms in total. The van der Waals surface area contributed by atoms with E-state index < -0.39 is 0 Å². The Hall–Kier alpha value is -3.15. The van der Waals surface area contributed by atoms with Gasteiger partial charge in [0.15, 0.2) is 0 Å². The van der Waals surface area contributed by atoms with E-state index in [1.54, 1.807) is 24.3 Å². The molecule has 0 aliphatic carbocycles. The van der Waals surface area contributed by atoms with E-state index in [1.807, 2.05) is 6.92 Å². The minimum absolute atomic E-state index is 0.0923. The number of carbonyl (C=O) groups excluding carboxylic acids is 3. The molecule has 3 N–H and O–H groups in total. The number of amides is 3. The van der Waals surface area contributed by atoms with Gasteiger partial charge in [-0.3, -0.25) is 14.4 Å². The van der Waals surface area contributed by atoms with Crippen LogP contribution in [0.3, 0.4) is 0 Å². The van der Waals surface area contributed by atoms with Crippen LogP contribution in [0.1, 0.15) is 34.3 Å². The van der Waals surface area contributed by atoms with Crippen LogP contribution in [-0.4, -0.2) is 31.3 Å². The fourth-order valence-electron chi connectivity index (χ4n) is 2.52. The maximum absolute atomic E-state index is 12.1. The summed E-state index contributed by atoms with van der Waals surface area (Å²) in [6.45, 7) is 1.95. The molecule has 0 radical (unpaired) electrons. The Morgan fingerprint density at radius 1 is 0.963 bits per heavy atom. The Morgan fingerprint density at radius 2 is 1.70 bits per heavy atom. The van der Waals surface area contributed by atoms with Crippen molar-refractivity contribution < 1.29 is 14.4 Å². The first-order valence-electron chi connectivity index (χ1n) is 8.92. The summed E-state index contributed by atoms with van der Waals surface area (Å²) in [5.41, 5.74) is 3.37. The smallest absolute Gasteiger partial charge is 0.251 e. The highest BCUT2D eigenvalue weighted by Gasteiger charge is 2.09. The number of hydrogen-bond acceptors (Lipinski definition) is 3. The van der Waals surface area contributed by atoms with E-state index in [0.717, 1.165) is 12.8 Å². The molecule has 0 aliphatic heterocycles. The van der Waals surface area contributed by atoms with Crippen LogP contribution in [0.5, 0.6) is 0 Å². The maximum atomic E-state index is 12.1. The van der Waals surface area contributed by atoms with Gasteiger partial charge in [0.2, 0.25) is 11.8 Å². The molecular formula is C21H25N3O3. The molecule has 6 heteroatoms. The highest BCUT2D eigenvalue weighted by molar-refractivity contribution is 5.98. The van der Waals surface area contributed by atoms with Crippen molar-refractivity contribution >= 4 is 23.4 Å². The average molecular weight is 367 g/mol. The zero-order valence-corrected chi connectivity index (χ0v) is 15.7. The van der Waals surface area contributed by atoms with Crippen LogP contribution < -0.4 is 16.0 Å². The Kier molecular flexibility index (Phi) is 7.55. The number of hydrogen-bond donors (Lipinski definition) is 3. The Bertz CT molecular complexity index is 801. The van der Waals surface area contributed by atoms with E-state index in [4.69, 9.17) is 0 Å². The first-order valence-corrected chi connectivity index (χ1v) is 8.92. The highest BCUT2D eigenvalue weighted by Crippen LogP contribution is 2.12. The lowest BCUT2D eigenvalue weighted by Gasteiger charge is -2.08. The van der Waals surface area contributed by atoms with Gasteiger partial charge in [0.1, 0.15) is 0 Å². The molecule has 27 heavy (non-hydrogen) atoms. The van der Waals surface area contributed by atoms with Crippen LogP contribution in [0.2, 0.25) is 0 Å². The van der Waals surface area contributed by atoms with E-state index >= 15 is 0 Å². The van der Waals surface area contributed by atoms with Gasteiger partial charge in [0.05, 0.1) is 6.54 Å². The molecule has 0 bridgehead atoms. The van der Waals surface area contributed by atoms with E-state index in [1.165, 1.54) is 18.2 Å². The van der Waals surface area contributed by atoms with Gasteiger partial charge >= 0.3 is 0 Å². The summed E-state index contributed by atoms with van der Waals surface area (Å²) < 4.78 is 0. The first kappa shape index (κ1) is 20.2. The molecule has 2 aromatic carbocycles. The van der Waals surface area contributed by atoms with Crippen LogP contribution in [-0.2, 0) is 16.0 Å². The van der Waals surface area contributed by atoms with Gasteiger partial charge in [-0.25, -0.2) is 0 Å². The second-order valence-corrected chi connectivity index (χ2v) is 6.32. The van der Waals surface area contributed by atoms with E-state index in [-0.39, 0.29) is 24.3 Å². The van der Waals surface area contributed by atoms with Crippen LogP contribution in [0, 0.1) is 6.92 Å². The molecule has 0 heterocycles. The second-order valence-electron chi connectivity index (χ2n) is 6.32. The number of rotatable bonds is 8. The van der Waals surface area contributed by atoms with Crippen molar-refractivity contribution in [2.24, 2.45) is 0 Å². The third-order valence-corrected chi connectivity index (χ3v) is 4.09. The van der Waals surface area contributed by atoms with Gasteiger partial charge in [-0.1, -0.05) is 35.9 Å². The summed E-state index contributed by atoms with van der Waals surface area (Å²) in [6.07, 6.45) is 2.00. The van der Waals surface area contributed by atoms with Gasteiger partial charge in [-0.15, -0.1) is 0 Å². The lowest BCUT2D eigenvalue weighted by atomic mass is 10.1. The molecule has 0 spiro atoms. The fraction of sp³-hybridized carbons (Fsp3) is 0.286. The van der Waals surface area contributed by atoms with Crippen LogP contribution >= 0.6 is 0 Å². The number of likely N-dealkylation sites (N-methyl/N-ethyl adjacent to an activating group) is 1. The third-order valence-electron chi connectivity index (χ3n) is 4.09. The summed E-state index contributed by atoms with van der Waals surface area (Å²) in [5.74, 6) is -0.736. The normalized spacial score (nSPS) is 10.1. The molecule has 0 fully saturated rings. The predicted octanol–water partition coefficient (Wildman–Crippen LogP) is 2.43. The summed E-state index contributed by atoms with van der Waals surface area (Å²) in [6, 6.07) is 14.9. The monoisotopic (exact) mass is 367 g/mol. The van der Waals surface area contributed by atoms with Crippen molar-refractivity contribution in [2.75, 3.05) is 18.9 Å². The lowest BCUT2D eigenvalue weighted by Crippen LogP contribution is -2.35. The molecule has 0 aromatic heterocycles. The Balaban J connectivity index is 1.82. The molecule has 0 atom stereocenters. The largest absolute Gasteiger partial charge is 0.358 e. The standard InChI is InChI=1S/C21H25N3O3/c1-15-9-11-16(12-10-15)5-3-8-19(25)24-18-7-4-6-17(13-18)21(27)23-14-20(26)22-2/h4,6-7,9-13H,3,5,8,14H2,1-2H3,(H,22,26)(H,23,27)(H,24,25). The molecule has 0 aliphatic rings. The topological polar surface area (TPSA) is 87.3 Å². The Labute approximate surface area is 159 Å². The maximum Gasteiger partial charge on any atom is 0.251 e. The summed E-state index contributed by atoms with van der Waals surface area (Å²) in [5, 5.41) is 7.77. The summed E-state index contributed by atoms with van der Waals surface area (Å²) >= 11 is 0. The van der Waals surface area contributed by atoms with E-state index in [2.05, 4.69) is 40.2 Å². The molecule has 0 saturated heterocycles. The van der Waals surface area contributed by atoms with Gasteiger partial charge in [0, 0.05) is 24.7 Å². The lowest BCUT2D eigenvalue weighted by molar-refractivity contribution is -0.119. The summed E-state index contributed by atoms with van der Waals surface area (Å²) in [4.78, 5) is 35.4. The number of aryl methyl sites for hydroxylation is 2. The minimum Gasteiger partial charge on any atom is -0.358 e. The number of anilines is 1. The van der Waals surface area contributed by atoms with Crippen molar-refractivity contribution in [2.45, 2.75) is 26.2 Å². The SMILES string of the molecule is CNC(=O)CNC(=O)c1cccc(NC(=O)CCCc2ccc(C)cc2)c1. The fourth-order valence-corrected chi connectivity index (χ4v) is 2.52.